The van der Waals surface area contributed by atoms with E-state index in [-0.39, 0.29) is 11.3 Å². The van der Waals surface area contributed by atoms with E-state index in [1.54, 1.807) is 0 Å². The van der Waals surface area contributed by atoms with Gasteiger partial charge in [0.2, 0.25) is 0 Å². The molecule has 2 rings (SSSR count). The van der Waals surface area contributed by atoms with Gasteiger partial charge in [0.05, 0.1) is 17.4 Å². The number of hydrogen-bond donors (Lipinski definition) is 3. The molecule has 5 heteroatoms. The summed E-state index contributed by atoms with van der Waals surface area (Å²) in [7, 11) is 0. The number of carboxylic acids is 1. The molecule has 104 valence electrons. The van der Waals surface area contributed by atoms with Crippen molar-refractivity contribution in [3.8, 4) is 0 Å². The molecule has 4 N–H and O–H groups in total. The monoisotopic (exact) mass is 263 g/mol. The standard InChI is InChI=1S/C14H21N3O2/c15-12-9-17-13(8-11(12)14(18)19)16-7-6-10-4-2-1-3-5-10/h8-10H,1-7,15H2,(H,16,17)(H,18,19). The highest BCUT2D eigenvalue weighted by atomic mass is 16.4. The Kier molecular flexibility index (Phi) is 4.60. The van der Waals surface area contributed by atoms with E-state index in [0.717, 1.165) is 18.9 Å². The van der Waals surface area contributed by atoms with Crippen molar-refractivity contribution in [2.45, 2.75) is 38.5 Å². The summed E-state index contributed by atoms with van der Waals surface area (Å²) in [4.78, 5) is 15.1. The average molecular weight is 263 g/mol. The lowest BCUT2D eigenvalue weighted by Gasteiger charge is -2.21. The van der Waals surface area contributed by atoms with Crippen LogP contribution < -0.4 is 11.1 Å². The van der Waals surface area contributed by atoms with Crippen molar-refractivity contribution in [2.75, 3.05) is 17.6 Å². The zero-order valence-corrected chi connectivity index (χ0v) is 11.1. The molecule has 19 heavy (non-hydrogen) atoms. The van der Waals surface area contributed by atoms with Crippen molar-refractivity contribution in [2.24, 2.45) is 5.92 Å². The Morgan fingerprint density at radius 1 is 1.42 bits per heavy atom. The Labute approximate surface area is 113 Å². The van der Waals surface area contributed by atoms with E-state index in [1.165, 1.54) is 44.4 Å². The zero-order chi connectivity index (χ0) is 13.7. The molecule has 0 unspecified atom stereocenters. The molecular formula is C14H21N3O2. The number of pyridine rings is 1. The summed E-state index contributed by atoms with van der Waals surface area (Å²) >= 11 is 0. The first kappa shape index (κ1) is 13.6. The molecule has 1 aliphatic carbocycles. The fourth-order valence-electron chi connectivity index (χ4n) is 2.63. The zero-order valence-electron chi connectivity index (χ0n) is 11.1. The number of nitrogens with one attached hydrogen (secondary N) is 1. The topological polar surface area (TPSA) is 88.2 Å². The molecule has 5 nitrogen and oxygen atoms in total. The maximum absolute atomic E-state index is 11.0. The summed E-state index contributed by atoms with van der Waals surface area (Å²) < 4.78 is 0. The van der Waals surface area contributed by atoms with Gasteiger partial charge in [0.25, 0.3) is 0 Å². The molecule has 1 aromatic rings. The average Bonchev–Trinajstić information content (AvgIpc) is 2.41. The van der Waals surface area contributed by atoms with Crippen molar-refractivity contribution in [3.63, 3.8) is 0 Å². The predicted octanol–water partition coefficient (Wildman–Crippen LogP) is 2.74. The molecule has 0 atom stereocenters. The van der Waals surface area contributed by atoms with Gasteiger partial charge in [-0.05, 0) is 18.4 Å². The molecular weight excluding hydrogens is 242 g/mol. The Morgan fingerprint density at radius 2 is 2.16 bits per heavy atom. The van der Waals surface area contributed by atoms with Crippen molar-refractivity contribution >= 4 is 17.5 Å². The van der Waals surface area contributed by atoms with Crippen LogP contribution in [0, 0.1) is 5.92 Å². The summed E-state index contributed by atoms with van der Waals surface area (Å²) in [5, 5.41) is 12.2. The van der Waals surface area contributed by atoms with E-state index in [2.05, 4.69) is 10.3 Å². The first-order chi connectivity index (χ1) is 9.16. The number of hydrogen-bond acceptors (Lipinski definition) is 4. The van der Waals surface area contributed by atoms with Crippen LogP contribution in [0.1, 0.15) is 48.9 Å². The number of aromatic carboxylic acids is 1. The minimum atomic E-state index is -1.02. The minimum Gasteiger partial charge on any atom is -0.478 e. The normalized spacial score (nSPS) is 16.2. The number of carbonyl (C=O) groups is 1. The first-order valence-corrected chi connectivity index (χ1v) is 6.89. The van der Waals surface area contributed by atoms with Gasteiger partial charge in [-0.15, -0.1) is 0 Å². The molecule has 0 radical (unpaired) electrons. The van der Waals surface area contributed by atoms with E-state index in [1.807, 2.05) is 0 Å². The van der Waals surface area contributed by atoms with Gasteiger partial charge in [-0.1, -0.05) is 32.1 Å². The number of anilines is 2. The van der Waals surface area contributed by atoms with Gasteiger partial charge in [0.15, 0.2) is 0 Å². The maximum atomic E-state index is 11.0. The SMILES string of the molecule is Nc1cnc(NCCC2CCCCC2)cc1C(=O)O. The molecule has 0 saturated heterocycles. The van der Waals surface area contributed by atoms with Crippen LogP contribution in [0.2, 0.25) is 0 Å². The van der Waals surface area contributed by atoms with Crippen LogP contribution >= 0.6 is 0 Å². The van der Waals surface area contributed by atoms with Crippen molar-refractivity contribution in [1.82, 2.24) is 4.98 Å². The molecule has 0 spiro atoms. The number of rotatable bonds is 5. The van der Waals surface area contributed by atoms with Gasteiger partial charge in [-0.3, -0.25) is 0 Å². The maximum Gasteiger partial charge on any atom is 0.337 e. The fourth-order valence-corrected chi connectivity index (χ4v) is 2.63. The fraction of sp³-hybridized carbons (Fsp3) is 0.571. The van der Waals surface area contributed by atoms with Crippen LogP contribution in [0.5, 0.6) is 0 Å². The van der Waals surface area contributed by atoms with Gasteiger partial charge in [0.1, 0.15) is 5.82 Å². The third-order valence-electron chi connectivity index (χ3n) is 3.75. The highest BCUT2D eigenvalue weighted by Gasteiger charge is 2.13. The van der Waals surface area contributed by atoms with E-state index in [0.29, 0.717) is 5.82 Å². The number of nitrogen functional groups attached to an aromatic ring is 1. The van der Waals surface area contributed by atoms with Gasteiger partial charge < -0.3 is 16.2 Å². The van der Waals surface area contributed by atoms with E-state index < -0.39 is 5.97 Å². The highest BCUT2D eigenvalue weighted by molar-refractivity contribution is 5.94. The lowest BCUT2D eigenvalue weighted by atomic mass is 9.87. The molecule has 0 aliphatic heterocycles. The number of nitrogens with zero attached hydrogens (tertiary/aromatic N) is 1. The summed E-state index contributed by atoms with van der Waals surface area (Å²) in [6.07, 6.45) is 9.20. The van der Waals surface area contributed by atoms with E-state index in [4.69, 9.17) is 10.8 Å². The molecule has 1 saturated carbocycles. The molecule has 0 amide bonds. The molecule has 1 heterocycles. The quantitative estimate of drug-likeness (QED) is 0.760. The number of aromatic nitrogens is 1. The van der Waals surface area contributed by atoms with Gasteiger partial charge in [0, 0.05) is 6.54 Å². The van der Waals surface area contributed by atoms with Gasteiger partial charge >= 0.3 is 5.97 Å². The molecule has 1 fully saturated rings. The lowest BCUT2D eigenvalue weighted by Crippen LogP contribution is -2.13. The van der Waals surface area contributed by atoms with Crippen LogP contribution in [0.3, 0.4) is 0 Å². The number of nitrogens with two attached hydrogens (primary N) is 1. The summed E-state index contributed by atoms with van der Waals surface area (Å²) in [6.45, 7) is 0.834. The Bertz CT molecular complexity index is 442. The van der Waals surface area contributed by atoms with Crippen molar-refractivity contribution in [3.05, 3.63) is 17.8 Å². The Balaban J connectivity index is 1.85. The molecule has 0 bridgehead atoms. The van der Waals surface area contributed by atoms with Crippen LogP contribution in [-0.4, -0.2) is 22.6 Å². The summed E-state index contributed by atoms with van der Waals surface area (Å²) in [5.41, 5.74) is 5.87. The third kappa shape index (κ3) is 3.84. The van der Waals surface area contributed by atoms with Gasteiger partial charge in [-0.25, -0.2) is 9.78 Å². The predicted molar refractivity (Wildman–Crippen MR) is 75.3 cm³/mol. The second-order valence-corrected chi connectivity index (χ2v) is 5.18. The van der Waals surface area contributed by atoms with E-state index in [9.17, 15) is 4.79 Å². The molecule has 1 aliphatic rings. The highest BCUT2D eigenvalue weighted by Crippen LogP contribution is 2.26. The minimum absolute atomic E-state index is 0.107. The van der Waals surface area contributed by atoms with Crippen molar-refractivity contribution < 1.29 is 9.90 Å². The Hall–Kier alpha value is -1.78. The van der Waals surface area contributed by atoms with E-state index >= 15 is 0 Å². The summed E-state index contributed by atoms with van der Waals surface area (Å²) in [5.74, 6) is 0.367. The summed E-state index contributed by atoms with van der Waals surface area (Å²) in [6, 6.07) is 1.50. The van der Waals surface area contributed by atoms with Crippen LogP contribution in [0.4, 0.5) is 11.5 Å². The lowest BCUT2D eigenvalue weighted by molar-refractivity contribution is 0.0698. The van der Waals surface area contributed by atoms with Crippen LogP contribution in [-0.2, 0) is 0 Å². The largest absolute Gasteiger partial charge is 0.478 e. The smallest absolute Gasteiger partial charge is 0.337 e. The second-order valence-electron chi connectivity index (χ2n) is 5.18. The molecule has 1 aromatic heterocycles. The second kappa shape index (κ2) is 6.41. The Morgan fingerprint density at radius 3 is 2.84 bits per heavy atom. The third-order valence-corrected chi connectivity index (χ3v) is 3.75. The molecule has 0 aromatic carbocycles. The van der Waals surface area contributed by atoms with Crippen LogP contribution in [0.15, 0.2) is 12.3 Å². The first-order valence-electron chi connectivity index (χ1n) is 6.89. The van der Waals surface area contributed by atoms with Crippen LogP contribution in [0.25, 0.3) is 0 Å². The number of carboxylic acid groups (broad SMARTS) is 1. The van der Waals surface area contributed by atoms with Gasteiger partial charge in [-0.2, -0.15) is 0 Å². The van der Waals surface area contributed by atoms with Crippen molar-refractivity contribution in [1.29, 1.82) is 0 Å².